The van der Waals surface area contributed by atoms with Crippen molar-refractivity contribution in [2.45, 2.75) is 26.3 Å². The maximum atomic E-state index is 13.1. The number of aromatic nitrogens is 4. The van der Waals surface area contributed by atoms with Crippen molar-refractivity contribution in [1.29, 1.82) is 0 Å². The van der Waals surface area contributed by atoms with Gasteiger partial charge < -0.3 is 15.0 Å². The summed E-state index contributed by atoms with van der Waals surface area (Å²) in [5.41, 5.74) is 6.32. The Kier molecular flexibility index (Phi) is 3.88. The molecule has 2 aromatic heterocycles. The Morgan fingerprint density at radius 3 is 3.00 bits per heavy atom. The first-order valence-electron chi connectivity index (χ1n) is 5.85. The number of hydrogen-bond acceptors (Lipinski definition) is 6. The van der Waals surface area contributed by atoms with Gasteiger partial charge in [0, 0.05) is 13.5 Å². The van der Waals surface area contributed by atoms with E-state index in [0.717, 1.165) is 6.42 Å². The number of nitrogens with zero attached hydrogens (tertiary/aromatic N) is 4. The van der Waals surface area contributed by atoms with Gasteiger partial charge in [0.2, 0.25) is 0 Å². The lowest BCUT2D eigenvalue weighted by Crippen LogP contribution is -2.04. The Labute approximate surface area is 108 Å². The molecule has 2 N–H and O–H groups in total. The van der Waals surface area contributed by atoms with Crippen molar-refractivity contribution in [3.63, 3.8) is 0 Å². The third kappa shape index (κ3) is 3.15. The number of unbranched alkanes of at least 4 members (excludes halogenated alkanes) is 1. The number of hydrogen-bond donors (Lipinski definition) is 1. The first kappa shape index (κ1) is 13.2. The van der Waals surface area contributed by atoms with E-state index in [1.807, 2.05) is 0 Å². The normalized spacial score (nSPS) is 10.8. The van der Waals surface area contributed by atoms with Gasteiger partial charge in [0.25, 0.3) is 0 Å². The van der Waals surface area contributed by atoms with E-state index in [-0.39, 0.29) is 11.8 Å². The first-order valence-corrected chi connectivity index (χ1v) is 5.85. The van der Waals surface area contributed by atoms with Crippen LogP contribution in [0.3, 0.4) is 0 Å². The predicted molar refractivity (Wildman–Crippen MR) is 65.6 cm³/mol. The van der Waals surface area contributed by atoms with Gasteiger partial charge in [-0.05, 0) is 12.8 Å². The topological polar surface area (TPSA) is 95.9 Å². The van der Waals surface area contributed by atoms with E-state index >= 15 is 0 Å². The smallest absolute Gasteiger partial charge is 0.312 e. The summed E-state index contributed by atoms with van der Waals surface area (Å²) >= 11 is 0. The molecule has 19 heavy (non-hydrogen) atoms. The zero-order chi connectivity index (χ0) is 13.8. The second-order valence-corrected chi connectivity index (χ2v) is 4.04. The lowest BCUT2D eigenvalue weighted by molar-refractivity contribution is -0.141. The zero-order valence-corrected chi connectivity index (χ0v) is 10.5. The van der Waals surface area contributed by atoms with Crippen LogP contribution in [0.15, 0.2) is 6.33 Å². The number of imidazole rings is 1. The Hall–Kier alpha value is -2.25. The second-order valence-electron chi connectivity index (χ2n) is 4.04. The van der Waals surface area contributed by atoms with Crippen LogP contribution in [0.2, 0.25) is 0 Å². The van der Waals surface area contributed by atoms with Crippen molar-refractivity contribution in [2.75, 3.05) is 12.3 Å². The van der Waals surface area contributed by atoms with E-state index in [1.54, 1.807) is 10.9 Å². The molecule has 0 aliphatic heterocycles. The monoisotopic (exact) mass is 267 g/mol. The standard InChI is InChI=1S/C11H14FN5O2/c1-7(18)19-5-3-2-4-17-6-14-8-9(13)15-11(12)16-10(8)17/h6H,2-5H2,1H3,(H2,13,15,16). The molecule has 0 saturated carbocycles. The molecule has 0 aliphatic carbocycles. The van der Waals surface area contributed by atoms with Crippen LogP contribution in [0.4, 0.5) is 10.2 Å². The summed E-state index contributed by atoms with van der Waals surface area (Å²) < 4.78 is 19.6. The highest BCUT2D eigenvalue weighted by Gasteiger charge is 2.10. The molecule has 0 radical (unpaired) electrons. The maximum absolute atomic E-state index is 13.1. The number of carbonyl (C=O) groups excluding carboxylic acids is 1. The Bertz CT molecular complexity index is 598. The van der Waals surface area contributed by atoms with Crippen LogP contribution < -0.4 is 5.73 Å². The van der Waals surface area contributed by atoms with E-state index < -0.39 is 6.08 Å². The minimum Gasteiger partial charge on any atom is -0.466 e. The molecule has 2 rings (SSSR count). The van der Waals surface area contributed by atoms with Crippen LogP contribution in [0.1, 0.15) is 19.8 Å². The molecule has 0 spiro atoms. The summed E-state index contributed by atoms with van der Waals surface area (Å²) in [4.78, 5) is 21.7. The average Bonchev–Trinajstić information content (AvgIpc) is 2.72. The molecule has 0 amide bonds. The highest BCUT2D eigenvalue weighted by Crippen LogP contribution is 2.16. The highest BCUT2D eigenvalue weighted by molar-refractivity contribution is 5.81. The average molecular weight is 267 g/mol. The Morgan fingerprint density at radius 2 is 2.26 bits per heavy atom. The number of esters is 1. The number of fused-ring (bicyclic) bond motifs is 1. The molecule has 0 unspecified atom stereocenters. The van der Waals surface area contributed by atoms with Gasteiger partial charge in [-0.25, -0.2) is 4.98 Å². The maximum Gasteiger partial charge on any atom is 0.312 e. The quantitative estimate of drug-likeness (QED) is 0.491. The Morgan fingerprint density at radius 1 is 1.47 bits per heavy atom. The van der Waals surface area contributed by atoms with E-state index in [2.05, 4.69) is 15.0 Å². The van der Waals surface area contributed by atoms with E-state index in [0.29, 0.717) is 30.7 Å². The predicted octanol–water partition coefficient (Wildman–Crippen LogP) is 0.891. The SMILES string of the molecule is CC(=O)OCCCCn1cnc2c(N)nc(F)nc21. The van der Waals surface area contributed by atoms with Crippen LogP contribution in [-0.4, -0.2) is 32.1 Å². The van der Waals surface area contributed by atoms with Gasteiger partial charge >= 0.3 is 12.0 Å². The molecule has 0 aliphatic rings. The van der Waals surface area contributed by atoms with Crippen LogP contribution >= 0.6 is 0 Å². The summed E-state index contributed by atoms with van der Waals surface area (Å²) in [5.74, 6) is -0.267. The zero-order valence-electron chi connectivity index (χ0n) is 10.5. The number of aryl methyl sites for hydroxylation is 1. The van der Waals surface area contributed by atoms with Crippen LogP contribution in [0, 0.1) is 6.08 Å². The molecule has 2 heterocycles. The summed E-state index contributed by atoms with van der Waals surface area (Å²) in [7, 11) is 0. The fourth-order valence-electron chi connectivity index (χ4n) is 1.70. The molecule has 0 saturated heterocycles. The van der Waals surface area contributed by atoms with Gasteiger partial charge in [0.05, 0.1) is 12.9 Å². The number of halogens is 1. The molecular weight excluding hydrogens is 253 g/mol. The Balaban J connectivity index is 1.99. The van der Waals surface area contributed by atoms with Gasteiger partial charge in [-0.15, -0.1) is 0 Å². The van der Waals surface area contributed by atoms with Crippen molar-refractivity contribution in [2.24, 2.45) is 0 Å². The number of rotatable bonds is 5. The lowest BCUT2D eigenvalue weighted by atomic mass is 10.3. The summed E-state index contributed by atoms with van der Waals surface area (Å²) in [6.45, 7) is 2.33. The van der Waals surface area contributed by atoms with E-state index in [9.17, 15) is 9.18 Å². The molecule has 7 nitrogen and oxygen atoms in total. The molecule has 102 valence electrons. The number of carbonyl (C=O) groups is 1. The summed E-state index contributed by atoms with van der Waals surface area (Å²) in [6.07, 6.45) is 2.14. The van der Waals surface area contributed by atoms with Crippen molar-refractivity contribution in [3.05, 3.63) is 12.4 Å². The third-order valence-corrected chi connectivity index (χ3v) is 2.56. The number of ether oxygens (including phenoxy) is 1. The number of anilines is 1. The summed E-state index contributed by atoms with van der Waals surface area (Å²) in [5, 5.41) is 0. The van der Waals surface area contributed by atoms with E-state index in [1.165, 1.54) is 6.92 Å². The van der Waals surface area contributed by atoms with Crippen molar-refractivity contribution in [1.82, 2.24) is 19.5 Å². The lowest BCUT2D eigenvalue weighted by Gasteiger charge is -2.04. The first-order chi connectivity index (χ1) is 9.08. The molecule has 0 bridgehead atoms. The van der Waals surface area contributed by atoms with Crippen LogP contribution in [0.5, 0.6) is 0 Å². The van der Waals surface area contributed by atoms with Gasteiger partial charge in [-0.1, -0.05) is 0 Å². The van der Waals surface area contributed by atoms with Crippen molar-refractivity contribution in [3.8, 4) is 0 Å². The van der Waals surface area contributed by atoms with E-state index in [4.69, 9.17) is 10.5 Å². The molecule has 8 heteroatoms. The van der Waals surface area contributed by atoms with Gasteiger partial charge in [0.15, 0.2) is 11.5 Å². The van der Waals surface area contributed by atoms with Crippen LogP contribution in [0.25, 0.3) is 11.2 Å². The summed E-state index contributed by atoms with van der Waals surface area (Å²) in [6, 6.07) is 0. The minimum atomic E-state index is -0.869. The molecular formula is C11H14FN5O2. The largest absolute Gasteiger partial charge is 0.466 e. The minimum absolute atomic E-state index is 0.0289. The molecule has 0 aromatic carbocycles. The molecule has 0 atom stereocenters. The van der Waals surface area contributed by atoms with Gasteiger partial charge in [-0.2, -0.15) is 14.4 Å². The van der Waals surface area contributed by atoms with Gasteiger partial charge in [0.1, 0.15) is 5.52 Å². The third-order valence-electron chi connectivity index (χ3n) is 2.56. The van der Waals surface area contributed by atoms with Gasteiger partial charge in [-0.3, -0.25) is 4.79 Å². The number of nitrogens with two attached hydrogens (primary N) is 1. The molecule has 2 aromatic rings. The highest BCUT2D eigenvalue weighted by atomic mass is 19.1. The molecule has 0 fully saturated rings. The fraction of sp³-hybridized carbons (Fsp3) is 0.455. The van der Waals surface area contributed by atoms with Crippen molar-refractivity contribution >= 4 is 23.0 Å². The van der Waals surface area contributed by atoms with Crippen LogP contribution in [-0.2, 0) is 16.1 Å². The second kappa shape index (κ2) is 5.59. The van der Waals surface area contributed by atoms with Crippen molar-refractivity contribution < 1.29 is 13.9 Å². The number of nitrogen functional groups attached to an aromatic ring is 1. The fourth-order valence-corrected chi connectivity index (χ4v) is 1.70.